The fourth-order valence-corrected chi connectivity index (χ4v) is 4.81. The van der Waals surface area contributed by atoms with Crippen LogP contribution in [0.1, 0.15) is 31.2 Å². The number of nitrogens with one attached hydrogen (secondary N) is 2. The predicted molar refractivity (Wildman–Crippen MR) is 130 cm³/mol. The lowest BCUT2D eigenvalue weighted by molar-refractivity contribution is -0.137. The van der Waals surface area contributed by atoms with Gasteiger partial charge in [-0.15, -0.1) is 5.10 Å². The van der Waals surface area contributed by atoms with Gasteiger partial charge in [0.25, 0.3) is 5.91 Å². The van der Waals surface area contributed by atoms with Crippen LogP contribution in [0.3, 0.4) is 0 Å². The van der Waals surface area contributed by atoms with E-state index in [0.717, 1.165) is 28.2 Å². The Morgan fingerprint density at radius 1 is 1.11 bits per heavy atom. The normalized spacial score (nSPS) is 20.4. The van der Waals surface area contributed by atoms with Crippen molar-refractivity contribution in [3.8, 4) is 5.88 Å². The minimum atomic E-state index is -4.60. The largest absolute Gasteiger partial charge is 0.474 e. The number of nitrogens with zero attached hydrogens (tertiary/aromatic N) is 5. The number of pyridine rings is 2. The number of rotatable bonds is 8. The Labute approximate surface area is 215 Å². The number of hydrogen-bond acceptors (Lipinski definition) is 8. The molecular weight excluding hydrogens is 507 g/mol. The van der Waals surface area contributed by atoms with Gasteiger partial charge in [0.05, 0.1) is 41.3 Å². The Hall–Kier alpha value is -3.94. The van der Waals surface area contributed by atoms with E-state index < -0.39 is 23.7 Å². The van der Waals surface area contributed by atoms with Crippen molar-refractivity contribution < 1.29 is 32.2 Å². The monoisotopic (exact) mass is 533 g/mol. The standard InChI is InChI=1S/C24H26F3N7O4/c1-37-6-7-38-22-19-9-16(11-29-21(19)31-32-22)30-15-2-4-17(5-3-15)34-20(35)13-33(23(34)36)18-8-14(10-28-12-18)24(25,26)27/h8-12,15,17,30H,2-7,13H2,1H3,(H,29,31,32)/t15-,17-. The summed E-state index contributed by atoms with van der Waals surface area (Å²) in [5.41, 5.74) is 0.356. The van der Waals surface area contributed by atoms with Crippen molar-refractivity contribution in [2.45, 2.75) is 43.9 Å². The van der Waals surface area contributed by atoms with Crippen molar-refractivity contribution in [3.63, 3.8) is 0 Å². The van der Waals surface area contributed by atoms with Crippen LogP contribution in [0.4, 0.5) is 29.3 Å². The Balaban J connectivity index is 1.20. The van der Waals surface area contributed by atoms with E-state index in [1.54, 1.807) is 13.3 Å². The predicted octanol–water partition coefficient (Wildman–Crippen LogP) is 3.59. The van der Waals surface area contributed by atoms with Gasteiger partial charge < -0.3 is 14.8 Å². The topological polar surface area (TPSA) is 126 Å². The highest BCUT2D eigenvalue weighted by atomic mass is 19.4. The number of ether oxygens (including phenoxy) is 2. The molecule has 1 saturated heterocycles. The van der Waals surface area contributed by atoms with Crippen LogP contribution < -0.4 is 15.0 Å². The molecule has 5 rings (SSSR count). The summed E-state index contributed by atoms with van der Waals surface area (Å²) in [5.74, 6) is 0.00271. The average molecular weight is 534 g/mol. The van der Waals surface area contributed by atoms with Gasteiger partial charge in [-0.1, -0.05) is 0 Å². The smallest absolute Gasteiger partial charge is 0.417 e. The van der Waals surface area contributed by atoms with Gasteiger partial charge in [0.2, 0.25) is 5.88 Å². The molecule has 0 radical (unpaired) electrons. The van der Waals surface area contributed by atoms with Crippen molar-refractivity contribution in [2.24, 2.45) is 0 Å². The van der Waals surface area contributed by atoms with Crippen LogP contribution in [0, 0.1) is 0 Å². The number of carbonyl (C=O) groups excluding carboxylic acids is 2. The Morgan fingerprint density at radius 2 is 1.89 bits per heavy atom. The van der Waals surface area contributed by atoms with E-state index in [2.05, 4.69) is 25.5 Å². The molecule has 0 aromatic carbocycles. The molecule has 11 nitrogen and oxygen atoms in total. The number of halogens is 3. The highest BCUT2D eigenvalue weighted by molar-refractivity contribution is 6.12. The van der Waals surface area contributed by atoms with Gasteiger partial charge in [-0.25, -0.2) is 9.78 Å². The fourth-order valence-electron chi connectivity index (χ4n) is 4.81. The molecule has 2 fully saturated rings. The second-order valence-corrected chi connectivity index (χ2v) is 9.20. The molecule has 0 atom stereocenters. The lowest BCUT2D eigenvalue weighted by atomic mass is 9.90. The maximum Gasteiger partial charge on any atom is 0.417 e. The zero-order valence-corrected chi connectivity index (χ0v) is 20.5. The van der Waals surface area contributed by atoms with Crippen LogP contribution in [0.2, 0.25) is 0 Å². The SMILES string of the molecule is COCCOc1n[nH]c2ncc(N[C@H]3CC[C@H](N4C(=O)CN(c5cncc(C(F)(F)F)c5)C4=O)CC3)cc12. The first-order valence-corrected chi connectivity index (χ1v) is 12.1. The summed E-state index contributed by atoms with van der Waals surface area (Å²) < 4.78 is 49.9. The van der Waals surface area contributed by atoms with Crippen molar-refractivity contribution >= 4 is 34.3 Å². The maximum atomic E-state index is 13.1. The van der Waals surface area contributed by atoms with E-state index in [1.807, 2.05) is 6.07 Å². The molecule has 38 heavy (non-hydrogen) atoms. The number of amides is 3. The summed E-state index contributed by atoms with van der Waals surface area (Å²) >= 11 is 0. The lowest BCUT2D eigenvalue weighted by Gasteiger charge is -2.34. The summed E-state index contributed by atoms with van der Waals surface area (Å²) in [6.07, 6.45) is 1.45. The van der Waals surface area contributed by atoms with Gasteiger partial charge in [0.15, 0.2) is 5.65 Å². The van der Waals surface area contributed by atoms with Gasteiger partial charge >= 0.3 is 12.2 Å². The first-order valence-electron chi connectivity index (χ1n) is 12.1. The van der Waals surface area contributed by atoms with Crippen LogP contribution in [0.5, 0.6) is 5.88 Å². The third kappa shape index (κ3) is 5.21. The summed E-state index contributed by atoms with van der Waals surface area (Å²) in [6.45, 7) is 0.471. The maximum absolute atomic E-state index is 13.1. The molecule has 3 amide bonds. The van der Waals surface area contributed by atoms with Crippen molar-refractivity contribution in [3.05, 3.63) is 36.3 Å². The Morgan fingerprint density at radius 3 is 2.63 bits per heavy atom. The first kappa shape index (κ1) is 25.7. The molecule has 14 heteroatoms. The van der Waals surface area contributed by atoms with Gasteiger partial charge in [-0.3, -0.25) is 24.7 Å². The first-order chi connectivity index (χ1) is 18.2. The van der Waals surface area contributed by atoms with Gasteiger partial charge in [0, 0.05) is 25.4 Å². The number of alkyl halides is 3. The number of urea groups is 1. The number of carbonyl (C=O) groups is 2. The Bertz CT molecular complexity index is 1320. The highest BCUT2D eigenvalue weighted by Gasteiger charge is 2.43. The van der Waals surface area contributed by atoms with Crippen molar-refractivity contribution in [2.75, 3.05) is 37.1 Å². The molecule has 1 saturated carbocycles. The van der Waals surface area contributed by atoms with Crippen LogP contribution in [0.15, 0.2) is 30.7 Å². The van der Waals surface area contributed by atoms with E-state index in [1.165, 1.54) is 4.90 Å². The number of aromatic amines is 1. The van der Waals surface area contributed by atoms with Gasteiger partial charge in [0.1, 0.15) is 13.2 Å². The molecule has 4 heterocycles. The highest BCUT2D eigenvalue weighted by Crippen LogP contribution is 2.34. The third-order valence-corrected chi connectivity index (χ3v) is 6.70. The van der Waals surface area contributed by atoms with E-state index in [-0.39, 0.29) is 24.3 Å². The second-order valence-electron chi connectivity index (χ2n) is 9.20. The summed E-state index contributed by atoms with van der Waals surface area (Å²) in [6, 6.07) is 1.87. The molecule has 0 spiro atoms. The number of fused-ring (bicyclic) bond motifs is 1. The molecule has 2 N–H and O–H groups in total. The van der Waals surface area contributed by atoms with Gasteiger partial charge in [-0.2, -0.15) is 13.2 Å². The Kier molecular flexibility index (Phi) is 7.06. The van der Waals surface area contributed by atoms with E-state index >= 15 is 0 Å². The molecule has 1 aliphatic carbocycles. The third-order valence-electron chi connectivity index (χ3n) is 6.70. The molecule has 202 valence electrons. The lowest BCUT2D eigenvalue weighted by Crippen LogP contribution is -2.44. The van der Waals surface area contributed by atoms with Crippen molar-refractivity contribution in [1.82, 2.24) is 25.1 Å². The zero-order chi connectivity index (χ0) is 26.9. The quantitative estimate of drug-likeness (QED) is 0.333. The molecule has 3 aromatic rings. The molecule has 0 bridgehead atoms. The van der Waals surface area contributed by atoms with E-state index in [9.17, 15) is 22.8 Å². The van der Waals surface area contributed by atoms with Crippen LogP contribution in [0.25, 0.3) is 11.0 Å². The van der Waals surface area contributed by atoms with Crippen LogP contribution in [-0.4, -0.2) is 76.0 Å². The summed E-state index contributed by atoms with van der Waals surface area (Å²) in [7, 11) is 1.59. The molecule has 2 aliphatic rings. The van der Waals surface area contributed by atoms with E-state index in [0.29, 0.717) is 56.6 Å². The van der Waals surface area contributed by atoms with E-state index in [4.69, 9.17) is 9.47 Å². The molecule has 0 unspecified atom stereocenters. The fraction of sp³-hybridized carbons (Fsp3) is 0.458. The summed E-state index contributed by atoms with van der Waals surface area (Å²) in [4.78, 5) is 36.0. The number of methoxy groups -OCH3 is 1. The number of aromatic nitrogens is 4. The number of H-pyrrole nitrogens is 1. The minimum Gasteiger partial charge on any atom is -0.474 e. The number of imide groups is 1. The average Bonchev–Trinajstić information content (AvgIpc) is 3.44. The minimum absolute atomic E-state index is 0.0521. The van der Waals surface area contributed by atoms with Crippen LogP contribution in [-0.2, 0) is 15.7 Å². The number of anilines is 2. The van der Waals surface area contributed by atoms with Crippen LogP contribution >= 0.6 is 0 Å². The van der Waals surface area contributed by atoms with Crippen molar-refractivity contribution in [1.29, 1.82) is 0 Å². The second kappa shape index (κ2) is 10.4. The van der Waals surface area contributed by atoms with Gasteiger partial charge in [-0.05, 0) is 37.8 Å². The molecule has 3 aromatic heterocycles. The summed E-state index contributed by atoms with van der Waals surface area (Å²) in [5, 5.41) is 11.2. The zero-order valence-electron chi connectivity index (χ0n) is 20.5. The molecule has 1 aliphatic heterocycles. The number of hydrogen-bond donors (Lipinski definition) is 2. The molecular formula is C24H26F3N7O4.